The Bertz CT molecular complexity index is 1110. The summed E-state index contributed by atoms with van der Waals surface area (Å²) in [5, 5.41) is 33.6. The van der Waals surface area contributed by atoms with Gasteiger partial charge in [0.05, 0.1) is 27.4 Å². The van der Waals surface area contributed by atoms with Crippen molar-refractivity contribution in [3.05, 3.63) is 99.4 Å². The number of nitro groups is 1. The van der Waals surface area contributed by atoms with E-state index in [0.29, 0.717) is 16.8 Å². The van der Waals surface area contributed by atoms with Crippen LogP contribution in [0.3, 0.4) is 0 Å². The summed E-state index contributed by atoms with van der Waals surface area (Å²) in [6.07, 6.45) is 3.09. The van der Waals surface area contributed by atoms with Gasteiger partial charge < -0.3 is 10.2 Å². The van der Waals surface area contributed by atoms with Crippen LogP contribution in [0.25, 0.3) is 0 Å². The standard InChI is InChI=1S/C20H14N4O6/c25-19(26)14-9-15(20(27)28)11-16(10-14)22-23-18(13-5-7-21-8-6-13)12-1-3-17(4-2-12)24(29)30/h1-11,22H,(H,25,26)(H,27,28). The van der Waals surface area contributed by atoms with Crippen LogP contribution >= 0.6 is 0 Å². The summed E-state index contributed by atoms with van der Waals surface area (Å²) in [7, 11) is 0. The normalized spacial score (nSPS) is 11.0. The molecule has 0 saturated carbocycles. The van der Waals surface area contributed by atoms with Crippen LogP contribution in [-0.2, 0) is 0 Å². The monoisotopic (exact) mass is 406 g/mol. The van der Waals surface area contributed by atoms with Gasteiger partial charge in [-0.2, -0.15) is 5.10 Å². The van der Waals surface area contributed by atoms with Gasteiger partial charge in [-0.25, -0.2) is 9.59 Å². The lowest BCUT2D eigenvalue weighted by atomic mass is 10.0. The number of nitro benzene ring substituents is 1. The van der Waals surface area contributed by atoms with E-state index in [1.54, 1.807) is 24.5 Å². The van der Waals surface area contributed by atoms with Crippen molar-refractivity contribution in [3.8, 4) is 0 Å². The van der Waals surface area contributed by atoms with Crippen LogP contribution < -0.4 is 5.43 Å². The van der Waals surface area contributed by atoms with Crippen molar-refractivity contribution in [2.45, 2.75) is 0 Å². The Kier molecular flexibility index (Phi) is 5.78. The lowest BCUT2D eigenvalue weighted by Crippen LogP contribution is -2.08. The number of hydrogen-bond acceptors (Lipinski definition) is 7. The van der Waals surface area contributed by atoms with E-state index in [-0.39, 0.29) is 22.5 Å². The minimum absolute atomic E-state index is 0.0824. The number of anilines is 1. The molecule has 10 nitrogen and oxygen atoms in total. The molecule has 0 atom stereocenters. The SMILES string of the molecule is O=C(O)c1cc(NN=C(c2ccncc2)c2ccc([N+](=O)[O-])cc2)cc(C(=O)O)c1. The maximum Gasteiger partial charge on any atom is 0.335 e. The summed E-state index contributed by atoms with van der Waals surface area (Å²) in [5.74, 6) is -2.57. The molecule has 1 aromatic heterocycles. The van der Waals surface area contributed by atoms with Gasteiger partial charge in [0.25, 0.3) is 5.69 Å². The van der Waals surface area contributed by atoms with Crippen LogP contribution in [0.5, 0.6) is 0 Å². The lowest BCUT2D eigenvalue weighted by molar-refractivity contribution is -0.384. The lowest BCUT2D eigenvalue weighted by Gasteiger charge is -2.09. The first-order valence-electron chi connectivity index (χ1n) is 8.46. The number of carbonyl (C=O) groups is 2. The first-order chi connectivity index (χ1) is 14.3. The number of carboxylic acid groups (broad SMARTS) is 2. The summed E-state index contributed by atoms with van der Waals surface area (Å²) in [6.45, 7) is 0. The highest BCUT2D eigenvalue weighted by molar-refractivity contribution is 6.13. The van der Waals surface area contributed by atoms with Crippen LogP contribution in [0, 0.1) is 10.1 Å². The summed E-state index contributed by atoms with van der Waals surface area (Å²) >= 11 is 0. The summed E-state index contributed by atoms with van der Waals surface area (Å²) in [5.41, 5.74) is 3.90. The number of hydrogen-bond donors (Lipinski definition) is 3. The average Bonchev–Trinajstić information content (AvgIpc) is 2.74. The molecule has 0 spiro atoms. The number of aromatic carboxylic acids is 2. The minimum atomic E-state index is -1.28. The maximum absolute atomic E-state index is 11.3. The molecule has 0 radical (unpaired) electrons. The quantitative estimate of drug-likeness (QED) is 0.307. The number of benzene rings is 2. The van der Waals surface area contributed by atoms with Crippen molar-refractivity contribution >= 4 is 29.0 Å². The number of pyridine rings is 1. The van der Waals surface area contributed by atoms with Gasteiger partial charge in [-0.3, -0.25) is 20.5 Å². The van der Waals surface area contributed by atoms with Gasteiger partial charge in [0.2, 0.25) is 0 Å². The molecular formula is C20H14N4O6. The van der Waals surface area contributed by atoms with Gasteiger partial charge in [-0.1, -0.05) is 0 Å². The first kappa shape index (κ1) is 20.1. The van der Waals surface area contributed by atoms with E-state index < -0.39 is 16.9 Å². The first-order valence-corrected chi connectivity index (χ1v) is 8.46. The van der Waals surface area contributed by atoms with E-state index in [1.807, 2.05) is 0 Å². The molecule has 2 aromatic carbocycles. The Morgan fingerprint density at radius 1 is 0.867 bits per heavy atom. The predicted molar refractivity (Wildman–Crippen MR) is 107 cm³/mol. The van der Waals surface area contributed by atoms with E-state index in [0.717, 1.165) is 6.07 Å². The second-order valence-electron chi connectivity index (χ2n) is 6.02. The second kappa shape index (κ2) is 8.61. The predicted octanol–water partition coefficient (Wildman–Crippen LogP) is 3.25. The van der Waals surface area contributed by atoms with Crippen LogP contribution in [0.2, 0.25) is 0 Å². The topological polar surface area (TPSA) is 155 Å². The van der Waals surface area contributed by atoms with E-state index in [9.17, 15) is 29.9 Å². The van der Waals surface area contributed by atoms with E-state index in [4.69, 9.17) is 0 Å². The third kappa shape index (κ3) is 4.62. The Hall–Kier alpha value is -4.60. The molecular weight excluding hydrogens is 392 g/mol. The molecule has 3 N–H and O–H groups in total. The number of aromatic nitrogens is 1. The molecule has 0 aliphatic heterocycles. The summed E-state index contributed by atoms with van der Waals surface area (Å²) in [6, 6.07) is 12.6. The number of non-ortho nitro benzene ring substituents is 1. The number of nitrogens with one attached hydrogen (secondary N) is 1. The fourth-order valence-electron chi connectivity index (χ4n) is 2.61. The highest BCUT2D eigenvalue weighted by Gasteiger charge is 2.13. The third-order valence-electron chi connectivity index (χ3n) is 4.03. The van der Waals surface area contributed by atoms with E-state index in [2.05, 4.69) is 15.5 Å². The zero-order chi connectivity index (χ0) is 21.7. The van der Waals surface area contributed by atoms with Crippen molar-refractivity contribution in [3.63, 3.8) is 0 Å². The van der Waals surface area contributed by atoms with Crippen molar-refractivity contribution < 1.29 is 24.7 Å². The summed E-state index contributed by atoms with van der Waals surface area (Å²) in [4.78, 5) is 36.9. The third-order valence-corrected chi connectivity index (χ3v) is 4.03. The molecule has 0 fully saturated rings. The van der Waals surface area contributed by atoms with Gasteiger partial charge in [-0.05, 0) is 42.5 Å². The van der Waals surface area contributed by atoms with Crippen molar-refractivity contribution in [2.24, 2.45) is 5.10 Å². The maximum atomic E-state index is 11.3. The van der Waals surface area contributed by atoms with E-state index in [1.165, 1.54) is 36.4 Å². The Morgan fingerprint density at radius 2 is 1.40 bits per heavy atom. The molecule has 150 valence electrons. The smallest absolute Gasteiger partial charge is 0.335 e. The van der Waals surface area contributed by atoms with Crippen LogP contribution in [-0.4, -0.2) is 37.8 Å². The molecule has 0 aliphatic rings. The molecule has 1 heterocycles. The Labute approximate surface area is 169 Å². The molecule has 3 aromatic rings. The van der Waals surface area contributed by atoms with Crippen LogP contribution in [0.4, 0.5) is 11.4 Å². The number of hydrazone groups is 1. The Balaban J connectivity index is 2.04. The average molecular weight is 406 g/mol. The molecule has 30 heavy (non-hydrogen) atoms. The second-order valence-corrected chi connectivity index (χ2v) is 6.02. The number of nitrogens with zero attached hydrogens (tertiary/aromatic N) is 3. The van der Waals surface area contributed by atoms with Gasteiger partial charge >= 0.3 is 11.9 Å². The van der Waals surface area contributed by atoms with Gasteiger partial charge in [-0.15, -0.1) is 0 Å². The number of carboxylic acids is 2. The van der Waals surface area contributed by atoms with Crippen LogP contribution in [0.15, 0.2) is 72.1 Å². The molecule has 0 saturated heterocycles. The Morgan fingerprint density at radius 3 is 1.90 bits per heavy atom. The summed E-state index contributed by atoms with van der Waals surface area (Å²) < 4.78 is 0. The molecule has 0 amide bonds. The highest BCUT2D eigenvalue weighted by Crippen LogP contribution is 2.19. The molecule has 3 rings (SSSR count). The van der Waals surface area contributed by atoms with E-state index >= 15 is 0 Å². The molecule has 0 unspecified atom stereocenters. The fraction of sp³-hybridized carbons (Fsp3) is 0. The molecule has 0 bridgehead atoms. The zero-order valence-corrected chi connectivity index (χ0v) is 15.2. The fourth-order valence-corrected chi connectivity index (χ4v) is 2.61. The molecule has 0 aliphatic carbocycles. The zero-order valence-electron chi connectivity index (χ0n) is 15.2. The van der Waals surface area contributed by atoms with Gasteiger partial charge in [0.15, 0.2) is 0 Å². The van der Waals surface area contributed by atoms with Crippen LogP contribution in [0.1, 0.15) is 31.8 Å². The van der Waals surface area contributed by atoms with Crippen molar-refractivity contribution in [1.29, 1.82) is 0 Å². The van der Waals surface area contributed by atoms with Crippen molar-refractivity contribution in [1.82, 2.24) is 4.98 Å². The highest BCUT2D eigenvalue weighted by atomic mass is 16.6. The number of rotatable bonds is 7. The van der Waals surface area contributed by atoms with Crippen molar-refractivity contribution in [2.75, 3.05) is 5.43 Å². The van der Waals surface area contributed by atoms with Gasteiger partial charge in [0.1, 0.15) is 0 Å². The van der Waals surface area contributed by atoms with Gasteiger partial charge in [0, 0.05) is 35.7 Å². The largest absolute Gasteiger partial charge is 0.478 e. The minimum Gasteiger partial charge on any atom is -0.478 e. The molecule has 10 heteroatoms.